The maximum atomic E-state index is 12.5. The van der Waals surface area contributed by atoms with E-state index in [9.17, 15) is 9.59 Å². The Kier molecular flexibility index (Phi) is 6.46. The summed E-state index contributed by atoms with van der Waals surface area (Å²) in [5.41, 5.74) is 1.17. The van der Waals surface area contributed by atoms with Crippen molar-refractivity contribution in [2.45, 2.75) is 38.2 Å². The van der Waals surface area contributed by atoms with Crippen LogP contribution in [0, 0.1) is 5.92 Å². The monoisotopic (exact) mass is 361 g/mol. The number of anilines is 2. The van der Waals surface area contributed by atoms with E-state index in [1.54, 1.807) is 25.3 Å². The molecule has 1 aromatic rings. The van der Waals surface area contributed by atoms with Gasteiger partial charge in [-0.1, -0.05) is 19.3 Å². The Morgan fingerprint density at radius 2 is 1.96 bits per heavy atom. The van der Waals surface area contributed by atoms with Crippen LogP contribution in [-0.4, -0.2) is 44.7 Å². The molecule has 2 fully saturated rings. The third-order valence-corrected chi connectivity index (χ3v) is 4.92. The van der Waals surface area contributed by atoms with Gasteiger partial charge in [-0.2, -0.15) is 0 Å². The summed E-state index contributed by atoms with van der Waals surface area (Å²) in [6.45, 7) is 1.76. The van der Waals surface area contributed by atoms with Crippen molar-refractivity contribution < 1.29 is 19.1 Å². The third kappa shape index (κ3) is 4.74. The fourth-order valence-corrected chi connectivity index (χ4v) is 3.44. The van der Waals surface area contributed by atoms with E-state index in [1.165, 1.54) is 6.42 Å². The zero-order chi connectivity index (χ0) is 18.4. The summed E-state index contributed by atoms with van der Waals surface area (Å²) in [4.78, 5) is 24.8. The number of hydrogen-bond donors (Lipinski definition) is 3. The lowest BCUT2D eigenvalue weighted by Crippen LogP contribution is -2.45. The molecular formula is C19H27N3O4. The predicted molar refractivity (Wildman–Crippen MR) is 99.4 cm³/mol. The van der Waals surface area contributed by atoms with Crippen LogP contribution >= 0.6 is 0 Å². The third-order valence-electron chi connectivity index (χ3n) is 4.92. The molecule has 2 amide bonds. The van der Waals surface area contributed by atoms with Crippen LogP contribution in [0.3, 0.4) is 0 Å². The molecular weight excluding hydrogens is 334 g/mol. The van der Waals surface area contributed by atoms with E-state index in [0.29, 0.717) is 30.3 Å². The summed E-state index contributed by atoms with van der Waals surface area (Å²) in [5.74, 6) is 0.439. The van der Waals surface area contributed by atoms with Gasteiger partial charge in [0, 0.05) is 24.7 Å². The minimum absolute atomic E-state index is 0.0197. The second-order valence-corrected chi connectivity index (χ2v) is 6.79. The van der Waals surface area contributed by atoms with Gasteiger partial charge in [0.1, 0.15) is 11.9 Å². The molecule has 0 radical (unpaired) electrons. The van der Waals surface area contributed by atoms with Crippen LogP contribution in [0.25, 0.3) is 0 Å². The van der Waals surface area contributed by atoms with Gasteiger partial charge in [0.05, 0.1) is 19.4 Å². The van der Waals surface area contributed by atoms with E-state index in [4.69, 9.17) is 9.47 Å². The van der Waals surface area contributed by atoms with Crippen molar-refractivity contribution in [2.24, 2.45) is 5.92 Å². The molecule has 142 valence electrons. The molecule has 2 aliphatic rings. The summed E-state index contributed by atoms with van der Waals surface area (Å²) in [6, 6.07) is 5.23. The average Bonchev–Trinajstić information content (AvgIpc) is 2.69. The lowest BCUT2D eigenvalue weighted by Gasteiger charge is -2.23. The van der Waals surface area contributed by atoms with Crippen LogP contribution in [0.2, 0.25) is 0 Å². The normalized spacial score (nSPS) is 21.0. The lowest BCUT2D eigenvalue weighted by molar-refractivity contribution is -0.128. The van der Waals surface area contributed by atoms with Crippen molar-refractivity contribution in [3.8, 4) is 5.75 Å². The first kappa shape index (κ1) is 18.7. The molecule has 3 rings (SSSR count). The fraction of sp³-hybridized carbons (Fsp3) is 0.579. The van der Waals surface area contributed by atoms with Gasteiger partial charge in [-0.3, -0.25) is 9.59 Å². The largest absolute Gasteiger partial charge is 0.495 e. The first-order valence-corrected chi connectivity index (χ1v) is 9.29. The van der Waals surface area contributed by atoms with Gasteiger partial charge in [0.15, 0.2) is 0 Å². The van der Waals surface area contributed by atoms with Crippen LogP contribution in [0.5, 0.6) is 5.75 Å². The summed E-state index contributed by atoms with van der Waals surface area (Å²) in [5, 5.41) is 8.94. The van der Waals surface area contributed by atoms with Crippen LogP contribution in [0.4, 0.5) is 11.4 Å². The van der Waals surface area contributed by atoms with Crippen molar-refractivity contribution >= 4 is 23.2 Å². The summed E-state index contributed by atoms with van der Waals surface area (Å²) in [7, 11) is 1.56. The van der Waals surface area contributed by atoms with E-state index in [-0.39, 0.29) is 17.7 Å². The van der Waals surface area contributed by atoms with E-state index < -0.39 is 6.10 Å². The quantitative estimate of drug-likeness (QED) is 0.748. The lowest BCUT2D eigenvalue weighted by atomic mass is 9.88. The summed E-state index contributed by atoms with van der Waals surface area (Å²) >= 11 is 0. The predicted octanol–water partition coefficient (Wildman–Crippen LogP) is 2.14. The maximum absolute atomic E-state index is 12.5. The van der Waals surface area contributed by atoms with Crippen molar-refractivity contribution in [1.29, 1.82) is 0 Å². The molecule has 26 heavy (non-hydrogen) atoms. The first-order valence-electron chi connectivity index (χ1n) is 9.29. The Bertz CT molecular complexity index is 638. The van der Waals surface area contributed by atoms with E-state index in [1.807, 2.05) is 0 Å². The molecule has 1 unspecified atom stereocenters. The van der Waals surface area contributed by atoms with Crippen molar-refractivity contribution in [1.82, 2.24) is 5.32 Å². The van der Waals surface area contributed by atoms with Crippen molar-refractivity contribution in [3.05, 3.63) is 18.2 Å². The summed E-state index contributed by atoms with van der Waals surface area (Å²) in [6.07, 6.45) is 4.74. The number of methoxy groups -OCH3 is 1. The average molecular weight is 361 g/mol. The van der Waals surface area contributed by atoms with Gasteiger partial charge in [0.25, 0.3) is 5.91 Å². The zero-order valence-corrected chi connectivity index (χ0v) is 15.2. The molecule has 1 heterocycles. The number of rotatable bonds is 5. The van der Waals surface area contributed by atoms with Crippen molar-refractivity contribution in [2.75, 3.05) is 37.4 Å². The van der Waals surface area contributed by atoms with Gasteiger partial charge in [-0.15, -0.1) is 0 Å². The number of benzene rings is 1. The molecule has 1 atom stereocenters. The number of nitrogens with one attached hydrogen (secondary N) is 3. The topological polar surface area (TPSA) is 88.7 Å². The van der Waals surface area contributed by atoms with Gasteiger partial charge >= 0.3 is 0 Å². The Labute approximate surface area is 153 Å². The highest BCUT2D eigenvalue weighted by Gasteiger charge is 2.24. The Hall–Kier alpha value is -2.12. The van der Waals surface area contributed by atoms with Crippen LogP contribution < -0.4 is 20.7 Å². The molecule has 1 aliphatic heterocycles. The highest BCUT2D eigenvalue weighted by Crippen LogP contribution is 2.30. The molecule has 0 spiro atoms. The Balaban J connectivity index is 1.67. The molecule has 1 aromatic carbocycles. The highest BCUT2D eigenvalue weighted by atomic mass is 16.5. The van der Waals surface area contributed by atoms with Gasteiger partial charge < -0.3 is 25.4 Å². The molecule has 0 bridgehead atoms. The molecule has 3 N–H and O–H groups in total. The van der Waals surface area contributed by atoms with Gasteiger partial charge in [0.2, 0.25) is 5.91 Å². The van der Waals surface area contributed by atoms with E-state index >= 15 is 0 Å². The van der Waals surface area contributed by atoms with Crippen LogP contribution in [-0.2, 0) is 14.3 Å². The van der Waals surface area contributed by atoms with E-state index in [0.717, 1.165) is 32.2 Å². The molecule has 1 saturated heterocycles. The Morgan fingerprint density at radius 1 is 1.15 bits per heavy atom. The molecule has 7 nitrogen and oxygen atoms in total. The minimum atomic E-state index is -0.508. The molecule has 7 heteroatoms. The number of hydrogen-bond acceptors (Lipinski definition) is 5. The minimum Gasteiger partial charge on any atom is -0.495 e. The Morgan fingerprint density at radius 3 is 2.65 bits per heavy atom. The maximum Gasteiger partial charge on any atom is 0.254 e. The van der Waals surface area contributed by atoms with Gasteiger partial charge in [-0.25, -0.2) is 0 Å². The van der Waals surface area contributed by atoms with Crippen molar-refractivity contribution in [3.63, 3.8) is 0 Å². The number of carbonyl (C=O) groups is 2. The zero-order valence-electron chi connectivity index (χ0n) is 15.2. The molecule has 0 aromatic heterocycles. The molecule has 1 aliphatic carbocycles. The molecule has 1 saturated carbocycles. The second-order valence-electron chi connectivity index (χ2n) is 6.79. The number of carbonyl (C=O) groups excluding carboxylic acids is 2. The second kappa shape index (κ2) is 9.00. The van der Waals surface area contributed by atoms with E-state index in [2.05, 4.69) is 16.0 Å². The first-order chi connectivity index (χ1) is 12.7. The highest BCUT2D eigenvalue weighted by molar-refractivity contribution is 5.97. The fourth-order valence-electron chi connectivity index (χ4n) is 3.44. The number of ether oxygens (including phenoxy) is 2. The standard InChI is InChI=1S/C19H27N3O4/c1-25-16-8-7-14(21-19(24)17-12-20-9-10-26-17)11-15(16)22-18(23)13-5-3-2-4-6-13/h7-8,11,13,17,20H,2-6,9-10,12H2,1H3,(H,21,24)(H,22,23). The smallest absolute Gasteiger partial charge is 0.254 e. The van der Waals surface area contributed by atoms with Crippen LogP contribution in [0.15, 0.2) is 18.2 Å². The summed E-state index contributed by atoms with van der Waals surface area (Å²) < 4.78 is 10.8. The van der Waals surface area contributed by atoms with Crippen LogP contribution in [0.1, 0.15) is 32.1 Å². The number of morpholine rings is 1. The SMILES string of the molecule is COc1ccc(NC(=O)C2CNCCO2)cc1NC(=O)C1CCCCC1. The van der Waals surface area contributed by atoms with Gasteiger partial charge in [-0.05, 0) is 31.0 Å². The number of amides is 2.